The number of halogens is 3. The van der Waals surface area contributed by atoms with Crippen LogP contribution < -0.4 is 5.32 Å². The Kier molecular flexibility index (Phi) is 7.96. The van der Waals surface area contributed by atoms with E-state index in [1.165, 1.54) is 3.97 Å². The van der Waals surface area contributed by atoms with Gasteiger partial charge in [0.1, 0.15) is 4.90 Å². The maximum Gasteiger partial charge on any atom is 0.269 e. The Morgan fingerprint density at radius 1 is 0.964 bits per heavy atom. The lowest BCUT2D eigenvalue weighted by Crippen LogP contribution is -2.42. The lowest BCUT2D eigenvalue weighted by atomic mass is 10.1. The fourth-order valence-corrected chi connectivity index (χ4v) is 5.74. The highest BCUT2D eigenvalue weighted by Gasteiger charge is 2.22. The first-order chi connectivity index (χ1) is 12.6. The molecule has 0 bridgehead atoms. The van der Waals surface area contributed by atoms with Gasteiger partial charge in [-0.2, -0.15) is 0 Å². The fourth-order valence-electron chi connectivity index (χ4n) is 3.42. The summed E-state index contributed by atoms with van der Waals surface area (Å²) in [5.41, 5.74) is 1.87. The molecule has 0 atom stereocenters. The van der Waals surface area contributed by atoms with Crippen LogP contribution in [-0.4, -0.2) is 43.5 Å². The summed E-state index contributed by atoms with van der Waals surface area (Å²) in [4.78, 5) is 2.66. The average molecular weight is 507 g/mol. The molecule has 0 aliphatic carbocycles. The molecule has 9 heteroatoms. The van der Waals surface area contributed by atoms with E-state index in [1.54, 1.807) is 24.4 Å². The van der Waals surface area contributed by atoms with Gasteiger partial charge < -0.3 is 5.32 Å². The van der Waals surface area contributed by atoms with Gasteiger partial charge in [0, 0.05) is 48.8 Å². The molecule has 5 nitrogen and oxygen atoms in total. The Hall–Kier alpha value is -1.09. The van der Waals surface area contributed by atoms with Gasteiger partial charge in [-0.1, -0.05) is 24.3 Å². The molecule has 28 heavy (non-hydrogen) atoms. The summed E-state index contributed by atoms with van der Waals surface area (Å²) in [5.74, 6) is 0. The molecule has 1 aliphatic rings. The van der Waals surface area contributed by atoms with Crippen molar-refractivity contribution < 1.29 is 8.42 Å². The van der Waals surface area contributed by atoms with E-state index in [0.29, 0.717) is 9.99 Å². The molecule has 1 N–H and O–H groups in total. The molecule has 152 valence electrons. The van der Waals surface area contributed by atoms with Crippen LogP contribution in [0.2, 0.25) is 0 Å². The highest BCUT2D eigenvalue weighted by atomic mass is 79.9. The molecule has 4 rings (SSSR count). The minimum Gasteiger partial charge on any atom is -0.314 e. The average Bonchev–Trinajstić information content (AvgIpc) is 3.09. The number of hydrogen-bond acceptors (Lipinski definition) is 4. The number of piperazine rings is 1. The second-order valence-corrected chi connectivity index (χ2v) is 9.06. The number of rotatable bonds is 4. The molecule has 2 heterocycles. The Balaban J connectivity index is 0.00000140. The second-order valence-electron chi connectivity index (χ2n) is 6.42. The zero-order chi connectivity index (χ0) is 18.1. The molecule has 0 amide bonds. The van der Waals surface area contributed by atoms with Gasteiger partial charge in [0.05, 0.1) is 5.52 Å². The van der Waals surface area contributed by atoms with E-state index in [2.05, 4.69) is 32.2 Å². The number of nitrogens with one attached hydrogen (secondary N) is 1. The summed E-state index contributed by atoms with van der Waals surface area (Å²) < 4.78 is 28.2. The lowest BCUT2D eigenvalue weighted by Gasteiger charge is -2.27. The van der Waals surface area contributed by atoms with Crippen LogP contribution in [-0.2, 0) is 16.6 Å². The first kappa shape index (κ1) is 23.2. The minimum atomic E-state index is -3.66. The quantitative estimate of drug-likeness (QED) is 0.583. The molecule has 0 unspecified atom stereocenters. The lowest BCUT2D eigenvalue weighted by molar-refractivity contribution is 0.234. The standard InChI is InChI=1S/C19H20BrN3O2S.2ClH/c20-17-5-1-2-7-19(17)26(24,25)23-11-8-16-15(4-3-6-18(16)23)14-22-12-9-21-10-13-22;;/h1-8,11,21H,9-10,12-14H2;2*1H. The SMILES string of the molecule is Cl.Cl.O=S(=O)(c1ccccc1Br)n1ccc2c(CN3CCNCC3)cccc21. The molecule has 1 aromatic heterocycles. The normalized spacial score (nSPS) is 15.0. The zero-order valence-electron chi connectivity index (χ0n) is 15.0. The highest BCUT2D eigenvalue weighted by Crippen LogP contribution is 2.29. The number of fused-ring (bicyclic) bond motifs is 1. The molecular formula is C19H22BrCl2N3O2S. The Morgan fingerprint density at radius 3 is 2.39 bits per heavy atom. The first-order valence-corrected chi connectivity index (χ1v) is 10.8. The Bertz CT molecular complexity index is 1050. The van der Waals surface area contributed by atoms with Crippen molar-refractivity contribution in [3.05, 3.63) is 64.8 Å². The smallest absolute Gasteiger partial charge is 0.269 e. The van der Waals surface area contributed by atoms with Gasteiger partial charge in [-0.15, -0.1) is 24.8 Å². The molecular weight excluding hydrogens is 485 g/mol. The van der Waals surface area contributed by atoms with Gasteiger partial charge in [0.15, 0.2) is 0 Å². The third-order valence-electron chi connectivity index (χ3n) is 4.76. The maximum absolute atomic E-state index is 13.1. The van der Waals surface area contributed by atoms with E-state index in [0.717, 1.165) is 43.7 Å². The molecule has 1 aliphatic heterocycles. The Labute approximate surface area is 186 Å². The van der Waals surface area contributed by atoms with Gasteiger partial charge in [-0.05, 0) is 45.8 Å². The number of aromatic nitrogens is 1. The molecule has 1 saturated heterocycles. The van der Waals surface area contributed by atoms with Gasteiger partial charge >= 0.3 is 0 Å². The number of hydrogen-bond donors (Lipinski definition) is 1. The molecule has 0 spiro atoms. The minimum absolute atomic E-state index is 0. The topological polar surface area (TPSA) is 54.3 Å². The van der Waals surface area contributed by atoms with E-state index in [9.17, 15) is 8.42 Å². The van der Waals surface area contributed by atoms with Crippen LogP contribution in [0.1, 0.15) is 5.56 Å². The first-order valence-electron chi connectivity index (χ1n) is 8.59. The van der Waals surface area contributed by atoms with Crippen molar-refractivity contribution >= 4 is 61.7 Å². The van der Waals surface area contributed by atoms with Gasteiger partial charge in [-0.25, -0.2) is 12.4 Å². The van der Waals surface area contributed by atoms with Crippen molar-refractivity contribution in [2.24, 2.45) is 0 Å². The zero-order valence-corrected chi connectivity index (χ0v) is 19.1. The molecule has 3 aromatic rings. The van der Waals surface area contributed by atoms with E-state index in [-0.39, 0.29) is 29.7 Å². The molecule has 2 aromatic carbocycles. The fraction of sp³-hybridized carbons (Fsp3) is 0.263. The second kappa shape index (κ2) is 9.61. The summed E-state index contributed by atoms with van der Waals surface area (Å²) in [7, 11) is -3.66. The summed E-state index contributed by atoms with van der Waals surface area (Å²) in [6.45, 7) is 4.83. The van der Waals surface area contributed by atoms with Crippen molar-refractivity contribution in [3.8, 4) is 0 Å². The summed E-state index contributed by atoms with van der Waals surface area (Å²) >= 11 is 3.36. The molecule has 0 saturated carbocycles. The van der Waals surface area contributed by atoms with Gasteiger partial charge in [0.2, 0.25) is 0 Å². The van der Waals surface area contributed by atoms with Crippen LogP contribution in [0.5, 0.6) is 0 Å². The van der Waals surface area contributed by atoms with E-state index in [4.69, 9.17) is 0 Å². The van der Waals surface area contributed by atoms with Crippen molar-refractivity contribution in [2.75, 3.05) is 26.2 Å². The Morgan fingerprint density at radius 2 is 1.68 bits per heavy atom. The summed E-state index contributed by atoms with van der Waals surface area (Å²) in [5, 5.41) is 4.34. The largest absolute Gasteiger partial charge is 0.314 e. The van der Waals surface area contributed by atoms with Crippen LogP contribution in [0.15, 0.2) is 64.1 Å². The van der Waals surface area contributed by atoms with Gasteiger partial charge in [0.25, 0.3) is 10.0 Å². The summed E-state index contributed by atoms with van der Waals surface area (Å²) in [6, 6.07) is 14.7. The summed E-state index contributed by atoms with van der Waals surface area (Å²) in [6.07, 6.45) is 1.65. The van der Waals surface area contributed by atoms with Crippen LogP contribution >= 0.6 is 40.7 Å². The van der Waals surface area contributed by atoms with Crippen LogP contribution in [0.3, 0.4) is 0 Å². The van der Waals surface area contributed by atoms with Crippen molar-refractivity contribution in [2.45, 2.75) is 11.4 Å². The van der Waals surface area contributed by atoms with Crippen molar-refractivity contribution in [1.82, 2.24) is 14.2 Å². The van der Waals surface area contributed by atoms with Crippen molar-refractivity contribution in [1.29, 1.82) is 0 Å². The van der Waals surface area contributed by atoms with Crippen LogP contribution in [0.25, 0.3) is 10.9 Å². The third-order valence-corrected chi connectivity index (χ3v) is 7.47. The van der Waals surface area contributed by atoms with Crippen LogP contribution in [0, 0.1) is 0 Å². The monoisotopic (exact) mass is 505 g/mol. The maximum atomic E-state index is 13.1. The highest BCUT2D eigenvalue weighted by molar-refractivity contribution is 9.10. The molecule has 0 radical (unpaired) electrons. The van der Waals surface area contributed by atoms with Crippen molar-refractivity contribution in [3.63, 3.8) is 0 Å². The van der Waals surface area contributed by atoms with Gasteiger partial charge in [-0.3, -0.25) is 4.90 Å². The van der Waals surface area contributed by atoms with Crippen LogP contribution in [0.4, 0.5) is 0 Å². The molecule has 1 fully saturated rings. The van der Waals surface area contributed by atoms with E-state index < -0.39 is 10.0 Å². The predicted molar refractivity (Wildman–Crippen MR) is 121 cm³/mol. The van der Waals surface area contributed by atoms with E-state index >= 15 is 0 Å². The number of nitrogens with zero attached hydrogens (tertiary/aromatic N) is 2. The third kappa shape index (κ3) is 4.40. The van der Waals surface area contributed by atoms with E-state index in [1.807, 2.05) is 24.3 Å². The predicted octanol–water partition coefficient (Wildman–Crippen LogP) is 3.89. The number of benzene rings is 2.